The molecule has 0 radical (unpaired) electrons. The Morgan fingerprint density at radius 3 is 2.94 bits per heavy atom. The first-order chi connectivity index (χ1) is 8.22. The Morgan fingerprint density at radius 1 is 1.47 bits per heavy atom. The maximum atomic E-state index is 12.1. The van der Waals surface area contributed by atoms with Crippen molar-refractivity contribution in [1.29, 1.82) is 0 Å². The van der Waals surface area contributed by atoms with Crippen LogP contribution in [0.3, 0.4) is 0 Å². The van der Waals surface area contributed by atoms with Gasteiger partial charge in [-0.25, -0.2) is 4.79 Å². The van der Waals surface area contributed by atoms with Crippen LogP contribution in [0.4, 0.5) is 4.79 Å². The van der Waals surface area contributed by atoms with Crippen LogP contribution in [0.1, 0.15) is 32.6 Å². The van der Waals surface area contributed by atoms with Gasteiger partial charge in [0.1, 0.15) is 0 Å². The summed E-state index contributed by atoms with van der Waals surface area (Å²) < 4.78 is 0. The summed E-state index contributed by atoms with van der Waals surface area (Å²) in [7, 11) is 1.95. The number of nitrogens with zero attached hydrogens (tertiary/aromatic N) is 2. The summed E-state index contributed by atoms with van der Waals surface area (Å²) in [4.78, 5) is 16.1. The number of rotatable bonds is 4. The van der Waals surface area contributed by atoms with E-state index in [2.05, 4.69) is 17.1 Å². The number of carbonyl (C=O) groups is 1. The Bertz CT molecular complexity index is 263. The fourth-order valence-corrected chi connectivity index (χ4v) is 3.00. The molecule has 2 fully saturated rings. The second-order valence-corrected chi connectivity index (χ2v) is 5.45. The van der Waals surface area contributed by atoms with Crippen molar-refractivity contribution in [2.24, 2.45) is 5.92 Å². The zero-order valence-electron chi connectivity index (χ0n) is 11.1. The normalized spacial score (nSPS) is 30.1. The van der Waals surface area contributed by atoms with E-state index in [0.717, 1.165) is 39.0 Å². The quantitative estimate of drug-likeness (QED) is 0.807. The molecule has 2 atom stereocenters. The third-order valence-electron chi connectivity index (χ3n) is 4.05. The highest BCUT2D eigenvalue weighted by atomic mass is 16.2. The van der Waals surface area contributed by atoms with Crippen LogP contribution in [0.25, 0.3) is 0 Å². The van der Waals surface area contributed by atoms with Gasteiger partial charge in [-0.1, -0.05) is 13.3 Å². The van der Waals surface area contributed by atoms with Crippen LogP contribution in [0.2, 0.25) is 0 Å². The van der Waals surface area contributed by atoms with E-state index in [4.69, 9.17) is 0 Å². The molecule has 2 amide bonds. The van der Waals surface area contributed by atoms with Crippen LogP contribution in [0.5, 0.6) is 0 Å². The molecule has 2 rings (SSSR count). The molecular weight excluding hydrogens is 214 g/mol. The monoisotopic (exact) mass is 239 g/mol. The molecule has 0 saturated carbocycles. The molecule has 0 aliphatic carbocycles. The average molecular weight is 239 g/mol. The van der Waals surface area contributed by atoms with E-state index in [1.165, 1.54) is 12.8 Å². The van der Waals surface area contributed by atoms with Crippen molar-refractivity contribution in [2.75, 3.05) is 33.2 Å². The largest absolute Gasteiger partial charge is 0.323 e. The molecule has 98 valence electrons. The van der Waals surface area contributed by atoms with Crippen LogP contribution in [-0.4, -0.2) is 55.1 Å². The molecule has 2 unspecified atom stereocenters. The van der Waals surface area contributed by atoms with Crippen molar-refractivity contribution >= 4 is 6.03 Å². The summed E-state index contributed by atoms with van der Waals surface area (Å²) in [5.41, 5.74) is 0. The minimum atomic E-state index is 0.231. The Hall–Kier alpha value is -0.770. The fraction of sp³-hybridized carbons (Fsp3) is 0.923. The summed E-state index contributed by atoms with van der Waals surface area (Å²) in [5.74, 6) is 0.654. The molecule has 2 aliphatic heterocycles. The predicted molar refractivity (Wildman–Crippen MR) is 69.0 cm³/mol. The van der Waals surface area contributed by atoms with Crippen molar-refractivity contribution in [3.8, 4) is 0 Å². The van der Waals surface area contributed by atoms with Crippen molar-refractivity contribution in [2.45, 2.75) is 38.6 Å². The van der Waals surface area contributed by atoms with Crippen molar-refractivity contribution in [3.63, 3.8) is 0 Å². The van der Waals surface area contributed by atoms with Gasteiger partial charge < -0.3 is 15.1 Å². The Kier molecular flexibility index (Phi) is 4.26. The van der Waals surface area contributed by atoms with Gasteiger partial charge in [0.05, 0.1) is 6.04 Å². The van der Waals surface area contributed by atoms with E-state index in [0.29, 0.717) is 12.0 Å². The number of urea groups is 1. The van der Waals surface area contributed by atoms with Gasteiger partial charge in [0, 0.05) is 20.1 Å². The third kappa shape index (κ3) is 2.92. The smallest absolute Gasteiger partial charge is 0.320 e. The molecule has 2 heterocycles. The fourth-order valence-electron chi connectivity index (χ4n) is 3.00. The summed E-state index contributed by atoms with van der Waals surface area (Å²) in [6.07, 6.45) is 4.79. The minimum absolute atomic E-state index is 0.231. The molecule has 2 aliphatic rings. The van der Waals surface area contributed by atoms with E-state index in [-0.39, 0.29) is 6.03 Å². The van der Waals surface area contributed by atoms with E-state index >= 15 is 0 Å². The van der Waals surface area contributed by atoms with Gasteiger partial charge in [-0.3, -0.25) is 0 Å². The van der Waals surface area contributed by atoms with Gasteiger partial charge in [0.15, 0.2) is 0 Å². The first kappa shape index (κ1) is 12.7. The average Bonchev–Trinajstić information content (AvgIpc) is 2.60. The highest BCUT2D eigenvalue weighted by molar-refractivity contribution is 5.76. The van der Waals surface area contributed by atoms with E-state index in [9.17, 15) is 4.79 Å². The second kappa shape index (κ2) is 5.71. The van der Waals surface area contributed by atoms with Crippen LogP contribution in [0.15, 0.2) is 0 Å². The zero-order chi connectivity index (χ0) is 12.3. The van der Waals surface area contributed by atoms with E-state index < -0.39 is 0 Å². The number of piperidine rings is 1. The lowest BCUT2D eigenvalue weighted by Gasteiger charge is -2.27. The summed E-state index contributed by atoms with van der Waals surface area (Å²) >= 11 is 0. The molecule has 2 saturated heterocycles. The Morgan fingerprint density at radius 2 is 2.29 bits per heavy atom. The maximum Gasteiger partial charge on any atom is 0.320 e. The van der Waals surface area contributed by atoms with Crippen LogP contribution in [0, 0.1) is 5.92 Å². The summed E-state index contributed by atoms with van der Waals surface area (Å²) in [5, 5.41) is 3.42. The topological polar surface area (TPSA) is 35.6 Å². The first-order valence-electron chi connectivity index (χ1n) is 6.94. The molecule has 0 spiro atoms. The molecule has 1 N–H and O–H groups in total. The molecule has 0 aromatic carbocycles. The van der Waals surface area contributed by atoms with Crippen molar-refractivity contribution < 1.29 is 4.79 Å². The second-order valence-electron chi connectivity index (χ2n) is 5.45. The summed E-state index contributed by atoms with van der Waals surface area (Å²) in [6.45, 7) is 6.27. The van der Waals surface area contributed by atoms with E-state index in [1.807, 2.05) is 11.9 Å². The van der Waals surface area contributed by atoms with Crippen LogP contribution in [-0.2, 0) is 0 Å². The van der Waals surface area contributed by atoms with Crippen molar-refractivity contribution in [1.82, 2.24) is 15.1 Å². The Labute approximate surface area is 104 Å². The Balaban J connectivity index is 1.86. The lowest BCUT2D eigenvalue weighted by atomic mass is 9.99. The maximum absolute atomic E-state index is 12.1. The molecule has 17 heavy (non-hydrogen) atoms. The first-order valence-corrected chi connectivity index (χ1v) is 6.94. The highest BCUT2D eigenvalue weighted by Crippen LogP contribution is 2.21. The minimum Gasteiger partial charge on any atom is -0.323 e. The standard InChI is InChI=1S/C13H25N3O/c1-3-5-12-10-16(13(17)15(12)2)9-11-6-4-7-14-8-11/h11-12,14H,3-10H2,1-2H3. The number of hydrogen-bond acceptors (Lipinski definition) is 2. The van der Waals surface area contributed by atoms with Crippen molar-refractivity contribution in [3.05, 3.63) is 0 Å². The molecule has 0 aromatic rings. The number of likely N-dealkylation sites (N-methyl/N-ethyl adjacent to an activating group) is 1. The number of amides is 2. The zero-order valence-corrected chi connectivity index (χ0v) is 11.1. The molecule has 4 heteroatoms. The summed E-state index contributed by atoms with van der Waals surface area (Å²) in [6, 6.07) is 0.665. The van der Waals surface area contributed by atoms with Gasteiger partial charge in [-0.15, -0.1) is 0 Å². The predicted octanol–water partition coefficient (Wildman–Crippen LogP) is 1.52. The third-order valence-corrected chi connectivity index (χ3v) is 4.05. The van der Waals surface area contributed by atoms with Gasteiger partial charge in [-0.2, -0.15) is 0 Å². The lowest BCUT2D eigenvalue weighted by molar-refractivity contribution is 0.185. The molecule has 0 aromatic heterocycles. The van der Waals surface area contributed by atoms with Gasteiger partial charge in [0.2, 0.25) is 0 Å². The SMILES string of the molecule is CCCC1CN(CC2CCCNC2)C(=O)N1C. The lowest BCUT2D eigenvalue weighted by Crippen LogP contribution is -2.39. The highest BCUT2D eigenvalue weighted by Gasteiger charge is 2.34. The molecule has 4 nitrogen and oxygen atoms in total. The number of hydrogen-bond donors (Lipinski definition) is 1. The number of nitrogens with one attached hydrogen (secondary N) is 1. The molecule has 0 bridgehead atoms. The number of carbonyl (C=O) groups excluding carboxylic acids is 1. The van der Waals surface area contributed by atoms with Gasteiger partial charge in [0.25, 0.3) is 0 Å². The van der Waals surface area contributed by atoms with Crippen LogP contribution < -0.4 is 5.32 Å². The van der Waals surface area contributed by atoms with E-state index in [1.54, 1.807) is 0 Å². The molecular formula is C13H25N3O. The van der Waals surface area contributed by atoms with Crippen LogP contribution >= 0.6 is 0 Å². The van der Waals surface area contributed by atoms with Gasteiger partial charge in [-0.05, 0) is 38.3 Å². The van der Waals surface area contributed by atoms with Gasteiger partial charge >= 0.3 is 6.03 Å².